The van der Waals surface area contributed by atoms with E-state index in [9.17, 15) is 8.42 Å². The van der Waals surface area contributed by atoms with Crippen LogP contribution in [-0.4, -0.2) is 31.7 Å². The fraction of sp³-hybridized carbons (Fsp3) is 0.278. The molecule has 9 heteroatoms. The number of para-hydroxylation sites is 1. The van der Waals surface area contributed by atoms with E-state index in [4.69, 9.17) is 9.47 Å². The van der Waals surface area contributed by atoms with E-state index in [2.05, 4.69) is 9.71 Å². The van der Waals surface area contributed by atoms with E-state index in [0.29, 0.717) is 17.9 Å². The van der Waals surface area contributed by atoms with E-state index >= 15 is 0 Å². The summed E-state index contributed by atoms with van der Waals surface area (Å²) in [7, 11) is -3.36. The van der Waals surface area contributed by atoms with Gasteiger partial charge < -0.3 is 9.47 Å². The first-order valence-electron chi connectivity index (χ1n) is 8.39. The predicted molar refractivity (Wildman–Crippen MR) is 110 cm³/mol. The van der Waals surface area contributed by atoms with Gasteiger partial charge in [0, 0.05) is 17.9 Å². The first kappa shape index (κ1) is 18.4. The highest BCUT2D eigenvalue weighted by atomic mass is 32.2. The Morgan fingerprint density at radius 1 is 1.22 bits per heavy atom. The highest BCUT2D eigenvalue weighted by molar-refractivity contribution is 8.01. The van der Waals surface area contributed by atoms with Crippen LogP contribution in [-0.2, 0) is 10.0 Å². The van der Waals surface area contributed by atoms with E-state index in [1.54, 1.807) is 29.2 Å². The van der Waals surface area contributed by atoms with Crippen LogP contribution in [0, 0.1) is 6.92 Å². The molecule has 0 saturated heterocycles. The van der Waals surface area contributed by atoms with Crippen molar-refractivity contribution < 1.29 is 17.9 Å². The van der Waals surface area contributed by atoms with Crippen molar-refractivity contribution in [3.05, 3.63) is 42.0 Å². The maximum Gasteiger partial charge on any atom is 0.232 e. The molecule has 3 aromatic rings. The maximum atomic E-state index is 12.3. The van der Waals surface area contributed by atoms with Gasteiger partial charge in [-0.15, -0.1) is 11.3 Å². The van der Waals surface area contributed by atoms with Crippen LogP contribution in [0.2, 0.25) is 0 Å². The van der Waals surface area contributed by atoms with Crippen LogP contribution < -0.4 is 14.2 Å². The third-order valence-electron chi connectivity index (χ3n) is 4.06. The van der Waals surface area contributed by atoms with Gasteiger partial charge in [0.05, 0.1) is 21.7 Å². The number of rotatable bonds is 7. The average molecular weight is 423 g/mol. The fourth-order valence-corrected chi connectivity index (χ4v) is 6.13. The van der Waals surface area contributed by atoms with E-state index in [1.165, 1.54) is 0 Å². The molecule has 2 heterocycles. The molecule has 142 valence electrons. The number of anilines is 1. The summed E-state index contributed by atoms with van der Waals surface area (Å²) < 4.78 is 39.9. The van der Waals surface area contributed by atoms with Crippen molar-refractivity contribution in [1.82, 2.24) is 4.98 Å². The maximum absolute atomic E-state index is 12.3. The zero-order chi connectivity index (χ0) is 18.9. The lowest BCUT2D eigenvalue weighted by Crippen LogP contribution is -2.17. The van der Waals surface area contributed by atoms with E-state index in [1.807, 2.05) is 37.3 Å². The molecule has 6 nitrogen and oxygen atoms in total. The number of aryl methyl sites for hydroxylation is 1. The van der Waals surface area contributed by atoms with Gasteiger partial charge in [-0.2, -0.15) is 0 Å². The molecule has 0 fully saturated rings. The molecule has 4 rings (SSSR count). The molecule has 0 spiro atoms. The smallest absolute Gasteiger partial charge is 0.232 e. The minimum Gasteiger partial charge on any atom is -0.454 e. The van der Waals surface area contributed by atoms with Crippen LogP contribution >= 0.6 is 23.1 Å². The number of fused-ring (bicyclic) bond motifs is 2. The topological polar surface area (TPSA) is 77.5 Å². The summed E-state index contributed by atoms with van der Waals surface area (Å²) in [6.45, 7) is 2.13. The summed E-state index contributed by atoms with van der Waals surface area (Å²) in [5.74, 6) is 2.23. The molecular weight excluding hydrogens is 404 g/mol. The van der Waals surface area contributed by atoms with Crippen molar-refractivity contribution in [2.75, 3.05) is 23.0 Å². The van der Waals surface area contributed by atoms with Gasteiger partial charge in [0.25, 0.3) is 0 Å². The molecule has 1 N–H and O–H groups in total. The van der Waals surface area contributed by atoms with Crippen LogP contribution in [0.15, 0.2) is 40.7 Å². The molecule has 2 aromatic carbocycles. The average Bonchev–Trinajstić information content (AvgIpc) is 3.23. The zero-order valence-electron chi connectivity index (χ0n) is 14.6. The Hall–Kier alpha value is -1.97. The molecule has 0 aliphatic carbocycles. The summed E-state index contributed by atoms with van der Waals surface area (Å²) >= 11 is 3.14. The monoisotopic (exact) mass is 422 g/mol. The Balaban J connectivity index is 1.32. The molecule has 0 amide bonds. The number of nitrogens with zero attached hydrogens (tertiary/aromatic N) is 1. The lowest BCUT2D eigenvalue weighted by Gasteiger charge is -2.09. The Labute approximate surface area is 166 Å². The summed E-state index contributed by atoms with van der Waals surface area (Å²) in [5.41, 5.74) is 2.42. The molecule has 1 aromatic heterocycles. The van der Waals surface area contributed by atoms with Gasteiger partial charge in [-0.3, -0.25) is 4.72 Å². The predicted octanol–water partition coefficient (Wildman–Crippen LogP) is 4.26. The lowest BCUT2D eigenvalue weighted by atomic mass is 10.2. The first-order chi connectivity index (χ1) is 13.0. The summed E-state index contributed by atoms with van der Waals surface area (Å²) in [5, 5.41) is 0. The standard InChI is InChI=1S/C18H18N2O4S3/c1-12-5-2-3-6-13(12)20-27(21,22)8-4-7-25-18-19-14-9-15-16(24-11-23-15)10-17(14)26-18/h2-3,5-6,9-10,20H,4,7-8,11H2,1H3. The molecule has 1 aliphatic heterocycles. The van der Waals surface area contributed by atoms with E-state index in [-0.39, 0.29) is 12.5 Å². The second-order valence-electron chi connectivity index (χ2n) is 6.09. The highest BCUT2D eigenvalue weighted by Crippen LogP contribution is 2.39. The van der Waals surface area contributed by atoms with Crippen molar-refractivity contribution >= 4 is 49.0 Å². The number of thioether (sulfide) groups is 1. The van der Waals surface area contributed by atoms with Crippen molar-refractivity contribution in [2.45, 2.75) is 17.7 Å². The number of hydrogen-bond donors (Lipinski definition) is 1. The molecule has 27 heavy (non-hydrogen) atoms. The zero-order valence-corrected chi connectivity index (χ0v) is 17.0. The van der Waals surface area contributed by atoms with Gasteiger partial charge in [0.1, 0.15) is 0 Å². The number of nitrogens with one attached hydrogen (secondary N) is 1. The molecule has 0 unspecified atom stereocenters. The molecule has 0 bridgehead atoms. The number of ether oxygens (including phenoxy) is 2. The van der Waals surface area contributed by atoms with Crippen molar-refractivity contribution in [1.29, 1.82) is 0 Å². The van der Waals surface area contributed by atoms with Gasteiger partial charge in [0.2, 0.25) is 16.8 Å². The van der Waals surface area contributed by atoms with Gasteiger partial charge >= 0.3 is 0 Å². The van der Waals surface area contributed by atoms with Crippen LogP contribution in [0.3, 0.4) is 0 Å². The molecule has 0 saturated carbocycles. The molecule has 0 atom stereocenters. The summed E-state index contributed by atoms with van der Waals surface area (Å²) in [4.78, 5) is 4.58. The SMILES string of the molecule is Cc1ccccc1NS(=O)(=O)CCCSc1nc2cc3c(cc2s1)OCO3. The molecule has 0 radical (unpaired) electrons. The first-order valence-corrected chi connectivity index (χ1v) is 11.8. The quantitative estimate of drug-likeness (QED) is 0.453. The van der Waals surface area contributed by atoms with E-state index < -0.39 is 10.0 Å². The highest BCUT2D eigenvalue weighted by Gasteiger charge is 2.17. The van der Waals surface area contributed by atoms with Crippen molar-refractivity contribution in [3.63, 3.8) is 0 Å². The second kappa shape index (κ2) is 7.57. The summed E-state index contributed by atoms with van der Waals surface area (Å²) in [6.07, 6.45) is 0.546. The molecular formula is C18H18N2O4S3. The van der Waals surface area contributed by atoms with Gasteiger partial charge in [-0.05, 0) is 25.0 Å². The lowest BCUT2D eigenvalue weighted by molar-refractivity contribution is 0.174. The largest absolute Gasteiger partial charge is 0.454 e. The van der Waals surface area contributed by atoms with Gasteiger partial charge in [-0.1, -0.05) is 30.0 Å². The number of sulfonamides is 1. The van der Waals surface area contributed by atoms with Crippen LogP contribution in [0.1, 0.15) is 12.0 Å². The number of hydrogen-bond acceptors (Lipinski definition) is 7. The Kier molecular flexibility index (Phi) is 5.16. The third-order valence-corrected chi connectivity index (χ3v) is 7.66. The number of thiazole rings is 1. The number of benzene rings is 2. The van der Waals surface area contributed by atoms with Crippen LogP contribution in [0.4, 0.5) is 5.69 Å². The van der Waals surface area contributed by atoms with Crippen molar-refractivity contribution in [2.24, 2.45) is 0 Å². The van der Waals surface area contributed by atoms with Gasteiger partial charge in [-0.25, -0.2) is 13.4 Å². The Morgan fingerprint density at radius 3 is 2.81 bits per heavy atom. The van der Waals surface area contributed by atoms with Crippen LogP contribution in [0.25, 0.3) is 10.2 Å². The second-order valence-corrected chi connectivity index (χ2v) is 10.3. The third kappa shape index (κ3) is 4.31. The number of aromatic nitrogens is 1. The Morgan fingerprint density at radius 2 is 2.00 bits per heavy atom. The fourth-order valence-electron chi connectivity index (χ4n) is 2.67. The van der Waals surface area contributed by atoms with E-state index in [0.717, 1.165) is 31.6 Å². The van der Waals surface area contributed by atoms with Gasteiger partial charge in [0.15, 0.2) is 15.8 Å². The minimum absolute atomic E-state index is 0.0786. The Bertz CT molecular complexity index is 1040. The summed E-state index contributed by atoms with van der Waals surface area (Å²) in [6, 6.07) is 11.2. The normalized spacial score (nSPS) is 13.2. The van der Waals surface area contributed by atoms with Crippen molar-refractivity contribution in [3.8, 4) is 11.5 Å². The van der Waals surface area contributed by atoms with Crippen LogP contribution in [0.5, 0.6) is 11.5 Å². The molecule has 1 aliphatic rings. The minimum atomic E-state index is -3.36.